The second kappa shape index (κ2) is 12.7. The Hall–Kier alpha value is -1.71. The molecule has 7 nitrogen and oxygen atoms in total. The third-order valence-electron chi connectivity index (χ3n) is 4.54. The van der Waals surface area contributed by atoms with E-state index in [1.54, 1.807) is 14.2 Å². The van der Waals surface area contributed by atoms with Gasteiger partial charge in [-0.25, -0.2) is 4.99 Å². The Bertz CT molecular complexity index is 654. The van der Waals surface area contributed by atoms with E-state index < -0.39 is 0 Å². The lowest BCUT2D eigenvalue weighted by Gasteiger charge is -2.34. The third kappa shape index (κ3) is 6.72. The van der Waals surface area contributed by atoms with E-state index in [1.807, 2.05) is 32.0 Å². The summed E-state index contributed by atoms with van der Waals surface area (Å²) in [6, 6.07) is 5.80. The summed E-state index contributed by atoms with van der Waals surface area (Å²) in [4.78, 5) is 19.0. The van der Waals surface area contributed by atoms with Crippen LogP contribution in [0.4, 0.5) is 0 Å². The van der Waals surface area contributed by atoms with Crippen LogP contribution < -0.4 is 14.8 Å². The number of nitrogens with one attached hydrogen (secondary N) is 1. The van der Waals surface area contributed by atoms with Gasteiger partial charge in [0.15, 0.2) is 17.5 Å². The summed E-state index contributed by atoms with van der Waals surface area (Å²) in [7, 11) is 3.24. The molecule has 0 saturated carbocycles. The summed E-state index contributed by atoms with van der Waals surface area (Å²) >= 11 is 0. The first kappa shape index (κ1) is 24.3. The van der Waals surface area contributed by atoms with Gasteiger partial charge in [-0.3, -0.25) is 4.79 Å². The number of piperidine rings is 1. The second-order valence-corrected chi connectivity index (χ2v) is 6.40. The van der Waals surface area contributed by atoms with E-state index in [2.05, 4.69) is 10.2 Å². The van der Waals surface area contributed by atoms with Crippen LogP contribution >= 0.6 is 24.0 Å². The molecule has 0 bridgehead atoms. The highest BCUT2D eigenvalue weighted by molar-refractivity contribution is 14.0. The van der Waals surface area contributed by atoms with Gasteiger partial charge in [-0.15, -0.1) is 24.0 Å². The average molecular weight is 505 g/mol. The smallest absolute Gasteiger partial charge is 0.310 e. The molecule has 0 aromatic heterocycles. The molecule has 8 heteroatoms. The zero-order valence-electron chi connectivity index (χ0n) is 17.2. The Morgan fingerprint density at radius 3 is 2.64 bits per heavy atom. The Balaban J connectivity index is 0.00000392. The van der Waals surface area contributed by atoms with E-state index in [-0.39, 0.29) is 35.9 Å². The summed E-state index contributed by atoms with van der Waals surface area (Å²) in [5.74, 6) is 2.00. The van der Waals surface area contributed by atoms with E-state index in [4.69, 9.17) is 19.2 Å². The molecular weight excluding hydrogens is 473 g/mol. The number of nitrogens with zero attached hydrogens (tertiary/aromatic N) is 2. The van der Waals surface area contributed by atoms with Gasteiger partial charge in [0.1, 0.15) is 0 Å². The standard InChI is InChI=1S/C20H31N3O4.HI/c1-5-21-20(23-11-7-8-16(14-23)19(24)27-6-2)22-13-15-9-10-17(25-3)18(12-15)26-4;/h9-10,12,16H,5-8,11,13-14H2,1-4H3,(H,21,22);1H. The van der Waals surface area contributed by atoms with E-state index >= 15 is 0 Å². The number of halogens is 1. The normalized spacial score (nSPS) is 16.8. The molecule has 1 aromatic rings. The SMILES string of the molecule is CCNC(=NCc1ccc(OC)c(OC)c1)N1CCCC(C(=O)OCC)C1.I. The molecule has 1 fully saturated rings. The number of aliphatic imine (C=N–C) groups is 1. The first-order valence-electron chi connectivity index (χ1n) is 9.53. The number of esters is 1. The van der Waals surface area contributed by atoms with Gasteiger partial charge in [-0.2, -0.15) is 0 Å². The van der Waals surface area contributed by atoms with Gasteiger partial charge in [0.25, 0.3) is 0 Å². The minimum atomic E-state index is -0.113. The fourth-order valence-electron chi connectivity index (χ4n) is 3.19. The number of rotatable bonds is 7. The van der Waals surface area contributed by atoms with Crippen LogP contribution in [0.25, 0.3) is 0 Å². The Labute approximate surface area is 184 Å². The quantitative estimate of drug-likeness (QED) is 0.266. The lowest BCUT2D eigenvalue weighted by molar-refractivity contribution is -0.149. The molecule has 1 heterocycles. The summed E-state index contributed by atoms with van der Waals surface area (Å²) < 4.78 is 15.8. The van der Waals surface area contributed by atoms with E-state index in [0.717, 1.165) is 37.5 Å². The maximum absolute atomic E-state index is 12.1. The number of hydrogen-bond donors (Lipinski definition) is 1. The number of ether oxygens (including phenoxy) is 3. The largest absolute Gasteiger partial charge is 0.493 e. The molecule has 1 aliphatic rings. The van der Waals surface area contributed by atoms with Crippen molar-refractivity contribution in [2.75, 3.05) is 40.5 Å². The van der Waals surface area contributed by atoms with Crippen molar-refractivity contribution in [1.29, 1.82) is 0 Å². The van der Waals surface area contributed by atoms with Crippen LogP contribution in [-0.2, 0) is 16.1 Å². The fraction of sp³-hybridized carbons (Fsp3) is 0.600. The van der Waals surface area contributed by atoms with Crippen molar-refractivity contribution in [2.45, 2.75) is 33.2 Å². The number of hydrogen-bond acceptors (Lipinski definition) is 5. The Morgan fingerprint density at radius 1 is 1.25 bits per heavy atom. The number of likely N-dealkylation sites (tertiary alicyclic amines) is 1. The van der Waals surface area contributed by atoms with Crippen molar-refractivity contribution in [3.63, 3.8) is 0 Å². The lowest BCUT2D eigenvalue weighted by atomic mass is 9.98. The summed E-state index contributed by atoms with van der Waals surface area (Å²) in [5, 5.41) is 3.33. The molecular formula is C20H32IN3O4. The molecule has 158 valence electrons. The molecule has 1 atom stereocenters. The van der Waals surface area contributed by atoms with Crippen LogP contribution in [0.15, 0.2) is 23.2 Å². The van der Waals surface area contributed by atoms with Gasteiger partial charge < -0.3 is 24.4 Å². The predicted octanol–water partition coefficient (Wildman–Crippen LogP) is 3.06. The molecule has 1 aliphatic heterocycles. The van der Waals surface area contributed by atoms with E-state index in [0.29, 0.717) is 31.2 Å². The van der Waals surface area contributed by atoms with Crippen LogP contribution in [-0.4, -0.2) is 57.3 Å². The number of benzene rings is 1. The molecule has 1 saturated heterocycles. The summed E-state index contributed by atoms with van der Waals surface area (Å²) in [5.41, 5.74) is 1.03. The highest BCUT2D eigenvalue weighted by Crippen LogP contribution is 2.28. The van der Waals surface area contributed by atoms with Crippen LogP contribution in [0, 0.1) is 5.92 Å². The molecule has 28 heavy (non-hydrogen) atoms. The maximum atomic E-state index is 12.1. The van der Waals surface area contributed by atoms with Crippen LogP contribution in [0.1, 0.15) is 32.3 Å². The fourth-order valence-corrected chi connectivity index (χ4v) is 3.19. The minimum Gasteiger partial charge on any atom is -0.493 e. The first-order chi connectivity index (χ1) is 13.1. The van der Waals surface area contributed by atoms with Gasteiger partial charge in [0.05, 0.1) is 33.3 Å². The van der Waals surface area contributed by atoms with Gasteiger partial charge in [0.2, 0.25) is 0 Å². The molecule has 0 radical (unpaired) electrons. The number of methoxy groups -OCH3 is 2. The zero-order valence-corrected chi connectivity index (χ0v) is 19.5. The van der Waals surface area contributed by atoms with Crippen molar-refractivity contribution in [1.82, 2.24) is 10.2 Å². The molecule has 1 unspecified atom stereocenters. The zero-order chi connectivity index (χ0) is 19.6. The molecule has 0 spiro atoms. The van der Waals surface area contributed by atoms with Crippen molar-refractivity contribution >= 4 is 35.9 Å². The number of guanidine groups is 1. The van der Waals surface area contributed by atoms with E-state index in [9.17, 15) is 4.79 Å². The van der Waals surface area contributed by atoms with Gasteiger partial charge in [0, 0.05) is 19.6 Å². The molecule has 2 rings (SSSR count). The highest BCUT2D eigenvalue weighted by Gasteiger charge is 2.28. The van der Waals surface area contributed by atoms with Gasteiger partial charge in [-0.1, -0.05) is 6.07 Å². The topological polar surface area (TPSA) is 72.4 Å². The van der Waals surface area contributed by atoms with Gasteiger partial charge >= 0.3 is 5.97 Å². The highest BCUT2D eigenvalue weighted by atomic mass is 127. The Kier molecular flexibility index (Phi) is 11.0. The molecule has 0 amide bonds. The van der Waals surface area contributed by atoms with Crippen molar-refractivity contribution in [2.24, 2.45) is 10.9 Å². The second-order valence-electron chi connectivity index (χ2n) is 6.40. The summed E-state index contributed by atoms with van der Waals surface area (Å²) in [6.07, 6.45) is 1.81. The average Bonchev–Trinajstić information content (AvgIpc) is 2.71. The molecule has 1 aromatic carbocycles. The number of carbonyl (C=O) groups excluding carboxylic acids is 1. The lowest BCUT2D eigenvalue weighted by Crippen LogP contribution is -2.48. The molecule has 0 aliphatic carbocycles. The maximum Gasteiger partial charge on any atom is 0.310 e. The van der Waals surface area contributed by atoms with Crippen LogP contribution in [0.3, 0.4) is 0 Å². The van der Waals surface area contributed by atoms with Crippen LogP contribution in [0.2, 0.25) is 0 Å². The van der Waals surface area contributed by atoms with E-state index in [1.165, 1.54) is 0 Å². The van der Waals surface area contributed by atoms with Crippen LogP contribution in [0.5, 0.6) is 11.5 Å². The minimum absolute atomic E-state index is 0. The monoisotopic (exact) mass is 505 g/mol. The van der Waals surface area contributed by atoms with Crippen molar-refractivity contribution in [3.8, 4) is 11.5 Å². The first-order valence-corrected chi connectivity index (χ1v) is 9.53. The van der Waals surface area contributed by atoms with Gasteiger partial charge in [-0.05, 0) is 44.4 Å². The van der Waals surface area contributed by atoms with Crippen molar-refractivity contribution in [3.05, 3.63) is 23.8 Å². The third-order valence-corrected chi connectivity index (χ3v) is 4.54. The molecule has 1 N–H and O–H groups in total. The number of carbonyl (C=O) groups is 1. The van der Waals surface area contributed by atoms with Crippen molar-refractivity contribution < 1.29 is 19.0 Å². The summed E-state index contributed by atoms with van der Waals surface area (Å²) in [6.45, 7) is 7.10. The Morgan fingerprint density at radius 2 is 2.00 bits per heavy atom. The predicted molar refractivity (Wildman–Crippen MR) is 121 cm³/mol.